The Balaban J connectivity index is 2.17. The number of methoxy groups -OCH3 is 1. The molecule has 0 unspecified atom stereocenters. The van der Waals surface area contributed by atoms with Crippen LogP contribution in [0.2, 0.25) is 0 Å². The number of hydroxylamine groups is 1. The van der Waals surface area contributed by atoms with Crippen LogP contribution in [-0.4, -0.2) is 79.8 Å². The SMILES string of the molecule is COCCOCOCCNC(=S)[C@H](Cc1ccccc1)N(C[C@H](C)c1ccccc1)C(=O)CCC(=O)NO. The van der Waals surface area contributed by atoms with Crippen molar-refractivity contribution in [2.45, 2.75) is 38.1 Å². The van der Waals surface area contributed by atoms with Crippen molar-refractivity contribution in [3.63, 3.8) is 0 Å². The molecule has 0 saturated carbocycles. The quantitative estimate of drug-likeness (QED) is 0.0862. The van der Waals surface area contributed by atoms with Crippen molar-refractivity contribution in [2.75, 3.05) is 46.8 Å². The molecule has 0 aliphatic heterocycles. The van der Waals surface area contributed by atoms with Crippen LogP contribution in [0.15, 0.2) is 60.7 Å². The molecule has 2 aromatic rings. The van der Waals surface area contributed by atoms with E-state index in [1.54, 1.807) is 17.5 Å². The van der Waals surface area contributed by atoms with Crippen LogP contribution in [-0.2, 0) is 30.2 Å². The van der Waals surface area contributed by atoms with Crippen LogP contribution in [0.4, 0.5) is 0 Å². The van der Waals surface area contributed by atoms with Crippen LogP contribution in [0, 0.1) is 0 Å². The number of nitrogens with zero attached hydrogens (tertiary/aromatic N) is 1. The molecular formula is C28H39N3O6S. The number of benzene rings is 2. The average Bonchev–Trinajstić information content (AvgIpc) is 2.95. The smallest absolute Gasteiger partial charge is 0.243 e. The predicted octanol–water partition coefficient (Wildman–Crippen LogP) is 3.07. The van der Waals surface area contributed by atoms with Crippen molar-refractivity contribution < 1.29 is 29.0 Å². The first-order chi connectivity index (χ1) is 18.5. The third kappa shape index (κ3) is 11.7. The van der Waals surface area contributed by atoms with Gasteiger partial charge in [0.25, 0.3) is 0 Å². The fourth-order valence-electron chi connectivity index (χ4n) is 3.87. The minimum Gasteiger partial charge on any atom is -0.382 e. The molecule has 0 radical (unpaired) electrons. The van der Waals surface area contributed by atoms with Gasteiger partial charge in [0.2, 0.25) is 11.8 Å². The van der Waals surface area contributed by atoms with Gasteiger partial charge >= 0.3 is 0 Å². The molecule has 0 fully saturated rings. The van der Waals surface area contributed by atoms with Crippen LogP contribution in [0.3, 0.4) is 0 Å². The lowest BCUT2D eigenvalue weighted by molar-refractivity contribution is -0.136. The fraction of sp³-hybridized carbons (Fsp3) is 0.464. The van der Waals surface area contributed by atoms with E-state index >= 15 is 0 Å². The number of carbonyl (C=O) groups excluding carboxylic acids is 2. The topological polar surface area (TPSA) is 109 Å². The summed E-state index contributed by atoms with van der Waals surface area (Å²) in [5.41, 5.74) is 3.72. The van der Waals surface area contributed by atoms with E-state index in [4.69, 9.17) is 31.6 Å². The number of hydrogen-bond donors (Lipinski definition) is 3. The summed E-state index contributed by atoms with van der Waals surface area (Å²) >= 11 is 5.81. The zero-order valence-electron chi connectivity index (χ0n) is 22.1. The van der Waals surface area contributed by atoms with Crippen LogP contribution < -0.4 is 10.8 Å². The summed E-state index contributed by atoms with van der Waals surface area (Å²) in [5, 5.41) is 12.1. The summed E-state index contributed by atoms with van der Waals surface area (Å²) in [7, 11) is 1.61. The molecule has 2 amide bonds. The largest absolute Gasteiger partial charge is 0.382 e. The average molecular weight is 546 g/mol. The molecule has 2 atom stereocenters. The number of rotatable bonds is 18. The van der Waals surface area contributed by atoms with Gasteiger partial charge in [-0.2, -0.15) is 0 Å². The molecule has 0 aliphatic carbocycles. The Morgan fingerprint density at radius 1 is 0.974 bits per heavy atom. The Kier molecular flexibility index (Phi) is 15.1. The highest BCUT2D eigenvalue weighted by Crippen LogP contribution is 2.21. The van der Waals surface area contributed by atoms with Crippen molar-refractivity contribution in [3.8, 4) is 0 Å². The van der Waals surface area contributed by atoms with E-state index in [2.05, 4.69) is 12.2 Å². The van der Waals surface area contributed by atoms with Crippen LogP contribution in [0.5, 0.6) is 0 Å². The van der Waals surface area contributed by atoms with Gasteiger partial charge in [-0.25, -0.2) is 5.48 Å². The third-order valence-corrected chi connectivity index (χ3v) is 6.36. The highest BCUT2D eigenvalue weighted by atomic mass is 32.1. The van der Waals surface area contributed by atoms with Gasteiger partial charge in [0.05, 0.1) is 30.9 Å². The second-order valence-corrected chi connectivity index (χ2v) is 9.26. The van der Waals surface area contributed by atoms with Gasteiger partial charge in [-0.1, -0.05) is 79.8 Å². The first-order valence-electron chi connectivity index (χ1n) is 12.7. The van der Waals surface area contributed by atoms with Crippen molar-refractivity contribution in [1.82, 2.24) is 15.7 Å². The molecule has 0 bridgehead atoms. The van der Waals surface area contributed by atoms with Gasteiger partial charge in [-0.15, -0.1) is 0 Å². The molecule has 208 valence electrons. The second-order valence-electron chi connectivity index (χ2n) is 8.82. The molecule has 0 heterocycles. The molecule has 0 aromatic heterocycles. The van der Waals surface area contributed by atoms with Crippen LogP contribution >= 0.6 is 12.2 Å². The van der Waals surface area contributed by atoms with E-state index in [9.17, 15) is 9.59 Å². The first-order valence-corrected chi connectivity index (χ1v) is 13.1. The third-order valence-electron chi connectivity index (χ3n) is 5.94. The van der Waals surface area contributed by atoms with Gasteiger partial charge in [0.15, 0.2) is 0 Å². The Hall–Kier alpha value is -2.89. The molecule has 9 nitrogen and oxygen atoms in total. The van der Waals surface area contributed by atoms with Gasteiger partial charge in [-0.3, -0.25) is 14.8 Å². The van der Waals surface area contributed by atoms with Crippen molar-refractivity contribution in [3.05, 3.63) is 71.8 Å². The molecule has 2 rings (SSSR count). The summed E-state index contributed by atoms with van der Waals surface area (Å²) in [5.74, 6) is -0.802. The number of thiocarbonyl (C=S) groups is 1. The zero-order valence-corrected chi connectivity index (χ0v) is 23.0. The Bertz CT molecular complexity index is 964. The molecular weight excluding hydrogens is 506 g/mol. The molecule has 0 aliphatic rings. The zero-order chi connectivity index (χ0) is 27.6. The highest BCUT2D eigenvalue weighted by molar-refractivity contribution is 7.80. The maximum absolute atomic E-state index is 13.5. The second kappa shape index (κ2) is 18.4. The van der Waals surface area contributed by atoms with E-state index in [-0.39, 0.29) is 31.5 Å². The van der Waals surface area contributed by atoms with Gasteiger partial charge in [0.1, 0.15) is 6.79 Å². The summed E-state index contributed by atoms with van der Waals surface area (Å²) in [6.07, 6.45) is 0.331. The lowest BCUT2D eigenvalue weighted by Crippen LogP contribution is -2.51. The number of ether oxygens (including phenoxy) is 3. The van der Waals surface area contributed by atoms with Crippen LogP contribution in [0.25, 0.3) is 0 Å². The molecule has 0 saturated heterocycles. The first kappa shape index (κ1) is 31.3. The number of hydrogen-bond acceptors (Lipinski definition) is 7. The number of carbonyl (C=O) groups is 2. The van der Waals surface area contributed by atoms with Crippen molar-refractivity contribution >= 4 is 29.0 Å². The van der Waals surface area contributed by atoms with Gasteiger partial charge in [-0.05, 0) is 23.5 Å². The van der Waals surface area contributed by atoms with Crippen molar-refractivity contribution in [2.24, 2.45) is 0 Å². The summed E-state index contributed by atoms with van der Waals surface area (Å²) in [4.78, 5) is 27.4. The van der Waals surface area contributed by atoms with E-state index < -0.39 is 11.9 Å². The summed E-state index contributed by atoms with van der Waals surface area (Å²) < 4.78 is 15.7. The van der Waals surface area contributed by atoms with E-state index in [0.29, 0.717) is 44.3 Å². The van der Waals surface area contributed by atoms with Crippen LogP contribution in [0.1, 0.15) is 36.8 Å². The number of amides is 2. The highest BCUT2D eigenvalue weighted by Gasteiger charge is 2.29. The van der Waals surface area contributed by atoms with E-state index in [0.717, 1.165) is 11.1 Å². The lowest BCUT2D eigenvalue weighted by Gasteiger charge is -2.35. The maximum Gasteiger partial charge on any atom is 0.243 e. The minimum absolute atomic E-state index is 0.0282. The molecule has 10 heteroatoms. The van der Waals surface area contributed by atoms with Gasteiger partial charge in [0, 0.05) is 33.0 Å². The molecule has 2 aromatic carbocycles. The maximum atomic E-state index is 13.5. The molecule has 3 N–H and O–H groups in total. The molecule has 0 spiro atoms. The number of nitrogens with one attached hydrogen (secondary N) is 2. The molecule has 38 heavy (non-hydrogen) atoms. The van der Waals surface area contributed by atoms with E-state index in [1.165, 1.54) is 0 Å². The Labute approximate surface area is 230 Å². The monoisotopic (exact) mass is 545 g/mol. The van der Waals surface area contributed by atoms with Gasteiger partial charge < -0.3 is 24.4 Å². The standard InChI is InChI=1S/C28H39N3O6S/c1-22(24-11-7-4-8-12-24)20-31(27(33)14-13-26(32)30-34)25(19-23-9-5-3-6-10-23)28(38)29-15-16-36-21-37-18-17-35-2/h3-12,22,25,34H,13-21H2,1-2H3,(H,29,38)(H,30,32)/t22-,25-/m0/s1. The minimum atomic E-state index is -0.611. The Morgan fingerprint density at radius 2 is 1.63 bits per heavy atom. The van der Waals surface area contributed by atoms with E-state index in [1.807, 2.05) is 60.7 Å². The summed E-state index contributed by atoms with van der Waals surface area (Å²) in [6, 6.07) is 19.3. The predicted molar refractivity (Wildman–Crippen MR) is 149 cm³/mol. The van der Waals surface area contributed by atoms with Crippen molar-refractivity contribution in [1.29, 1.82) is 0 Å². The lowest BCUT2D eigenvalue weighted by atomic mass is 9.97. The Morgan fingerprint density at radius 3 is 2.29 bits per heavy atom. The summed E-state index contributed by atoms with van der Waals surface area (Å²) in [6.45, 7) is 4.38. The fourth-order valence-corrected chi connectivity index (χ4v) is 4.18. The normalized spacial score (nSPS) is 12.4.